The van der Waals surface area contributed by atoms with E-state index < -0.39 is 12.1 Å². The Labute approximate surface area is 244 Å². The maximum atomic E-state index is 14.5. The molecule has 1 aliphatic rings. The monoisotopic (exact) mass is 575 g/mol. The highest BCUT2D eigenvalue weighted by atomic mass is 16.5. The third-order valence-electron chi connectivity index (χ3n) is 7.81. The van der Waals surface area contributed by atoms with E-state index in [1.807, 2.05) is 24.3 Å². The molecule has 2 amide bonds. The summed E-state index contributed by atoms with van der Waals surface area (Å²) in [6.45, 7) is 1.80. The molecule has 2 aromatic heterocycles. The van der Waals surface area contributed by atoms with E-state index in [9.17, 15) is 9.59 Å². The Morgan fingerprint density at radius 1 is 1.02 bits per heavy atom. The quantitative estimate of drug-likeness (QED) is 0.270. The lowest BCUT2D eigenvalue weighted by Gasteiger charge is -2.34. The fourth-order valence-electron chi connectivity index (χ4n) is 5.64. The third-order valence-corrected chi connectivity index (χ3v) is 7.81. The largest absolute Gasteiger partial charge is 0.493 e. The zero-order chi connectivity index (χ0) is 29.6. The van der Waals surface area contributed by atoms with Gasteiger partial charge in [0.05, 0.1) is 39.7 Å². The number of amides is 2. The lowest BCUT2D eigenvalue weighted by Crippen LogP contribution is -2.48. The molecular formula is C31H37N5O6. The van der Waals surface area contributed by atoms with Crippen LogP contribution < -0.4 is 19.5 Å². The summed E-state index contributed by atoms with van der Waals surface area (Å²) in [6.07, 6.45) is 6.57. The third kappa shape index (κ3) is 5.90. The van der Waals surface area contributed by atoms with Gasteiger partial charge in [-0.3, -0.25) is 9.59 Å². The van der Waals surface area contributed by atoms with Crippen LogP contribution in [0.2, 0.25) is 0 Å². The standard InChI is InChI=1S/C31H37N5O6/c1-20(36-25-15-9-8-14-24(25)33-34-36)31(38)35(19-23-13-10-16-42-23)28(30(37)32-22-11-6-5-7-12-22)21-17-26(39-2)29(41-4)27(18-21)40-3/h8-10,13-18,20,22,28H,5-7,11-12,19H2,1-4H3,(H,32,37)/t20-,28+/m0/s1. The molecule has 11 heteroatoms. The van der Waals surface area contributed by atoms with Crippen molar-refractivity contribution in [3.05, 3.63) is 66.1 Å². The van der Waals surface area contributed by atoms with Crippen LogP contribution in [0.25, 0.3) is 11.0 Å². The first-order valence-electron chi connectivity index (χ1n) is 14.2. The van der Waals surface area contributed by atoms with Gasteiger partial charge in [0.15, 0.2) is 11.5 Å². The number of hydrogen-bond acceptors (Lipinski definition) is 8. The molecule has 1 N–H and O–H groups in total. The molecule has 2 heterocycles. The molecule has 0 unspecified atom stereocenters. The molecule has 1 saturated carbocycles. The van der Waals surface area contributed by atoms with Crippen molar-refractivity contribution >= 4 is 22.8 Å². The average molecular weight is 576 g/mol. The molecule has 0 bridgehead atoms. The van der Waals surface area contributed by atoms with Gasteiger partial charge in [0.1, 0.15) is 23.4 Å². The smallest absolute Gasteiger partial charge is 0.248 e. The number of carbonyl (C=O) groups is 2. The van der Waals surface area contributed by atoms with Crippen molar-refractivity contribution in [2.75, 3.05) is 21.3 Å². The summed E-state index contributed by atoms with van der Waals surface area (Å²) in [7, 11) is 4.55. The highest BCUT2D eigenvalue weighted by molar-refractivity contribution is 5.91. The number of fused-ring (bicyclic) bond motifs is 1. The molecule has 0 radical (unpaired) electrons. The summed E-state index contributed by atoms with van der Waals surface area (Å²) >= 11 is 0. The Hall–Kier alpha value is -4.54. The summed E-state index contributed by atoms with van der Waals surface area (Å²) in [5, 5.41) is 11.7. The molecule has 2 atom stereocenters. The topological polar surface area (TPSA) is 121 Å². The second kappa shape index (κ2) is 13.0. The number of methoxy groups -OCH3 is 3. The molecule has 0 aliphatic heterocycles. The zero-order valence-electron chi connectivity index (χ0n) is 24.4. The highest BCUT2D eigenvalue weighted by Crippen LogP contribution is 2.41. The molecule has 2 aromatic carbocycles. The van der Waals surface area contributed by atoms with Gasteiger partial charge in [-0.15, -0.1) is 5.10 Å². The first-order chi connectivity index (χ1) is 20.4. The van der Waals surface area contributed by atoms with E-state index >= 15 is 0 Å². The minimum absolute atomic E-state index is 0.0213. The van der Waals surface area contributed by atoms with Crippen molar-refractivity contribution in [2.24, 2.45) is 0 Å². The molecule has 42 heavy (non-hydrogen) atoms. The van der Waals surface area contributed by atoms with Gasteiger partial charge >= 0.3 is 0 Å². The van der Waals surface area contributed by atoms with Gasteiger partial charge in [-0.25, -0.2) is 4.68 Å². The fraction of sp³-hybridized carbons (Fsp3) is 0.419. The van der Waals surface area contributed by atoms with Gasteiger partial charge < -0.3 is 28.8 Å². The van der Waals surface area contributed by atoms with Gasteiger partial charge in [0, 0.05) is 6.04 Å². The average Bonchev–Trinajstić information content (AvgIpc) is 3.70. The summed E-state index contributed by atoms with van der Waals surface area (Å²) in [5.74, 6) is 1.04. The van der Waals surface area contributed by atoms with Crippen molar-refractivity contribution in [1.29, 1.82) is 0 Å². The molecule has 0 saturated heterocycles. The van der Waals surface area contributed by atoms with Crippen LogP contribution in [0.1, 0.15) is 62.4 Å². The van der Waals surface area contributed by atoms with Gasteiger partial charge in [-0.1, -0.05) is 36.6 Å². The number of hydrogen-bond donors (Lipinski definition) is 1. The van der Waals surface area contributed by atoms with Crippen LogP contribution in [0.15, 0.2) is 59.2 Å². The van der Waals surface area contributed by atoms with E-state index in [1.54, 1.807) is 42.1 Å². The number of nitrogens with one attached hydrogen (secondary N) is 1. The second-order valence-corrected chi connectivity index (χ2v) is 10.4. The molecule has 5 rings (SSSR count). The fourth-order valence-corrected chi connectivity index (χ4v) is 5.64. The van der Waals surface area contributed by atoms with E-state index in [2.05, 4.69) is 15.6 Å². The van der Waals surface area contributed by atoms with Crippen LogP contribution in [0.3, 0.4) is 0 Å². The number of rotatable bonds is 11. The number of carbonyl (C=O) groups excluding carboxylic acids is 2. The lowest BCUT2D eigenvalue weighted by atomic mass is 9.94. The van der Waals surface area contributed by atoms with E-state index in [1.165, 1.54) is 26.2 Å². The summed E-state index contributed by atoms with van der Waals surface area (Å²) in [4.78, 5) is 30.3. The van der Waals surface area contributed by atoms with Crippen LogP contribution >= 0.6 is 0 Å². The Bertz CT molecular complexity index is 1490. The van der Waals surface area contributed by atoms with Crippen LogP contribution in [0.5, 0.6) is 17.2 Å². The first-order valence-corrected chi connectivity index (χ1v) is 14.2. The molecule has 4 aromatic rings. The lowest BCUT2D eigenvalue weighted by molar-refractivity contribution is -0.144. The number of ether oxygens (including phenoxy) is 3. The van der Waals surface area contributed by atoms with Crippen molar-refractivity contribution in [1.82, 2.24) is 25.2 Å². The number of furan rings is 1. The normalized spacial score (nSPS) is 15.1. The van der Waals surface area contributed by atoms with Crippen molar-refractivity contribution in [2.45, 2.75) is 63.7 Å². The second-order valence-electron chi connectivity index (χ2n) is 10.4. The predicted octanol–water partition coefficient (Wildman–Crippen LogP) is 4.83. The number of benzene rings is 2. The molecule has 222 valence electrons. The van der Waals surface area contributed by atoms with Crippen LogP contribution in [-0.2, 0) is 16.1 Å². The minimum atomic E-state index is -1.05. The first kappa shape index (κ1) is 29.0. The summed E-state index contributed by atoms with van der Waals surface area (Å²) in [6, 6.07) is 12.6. The number of para-hydroxylation sites is 1. The Balaban J connectivity index is 1.62. The van der Waals surface area contributed by atoms with E-state index in [0.29, 0.717) is 39.6 Å². The molecule has 0 spiro atoms. The van der Waals surface area contributed by atoms with Crippen LogP contribution in [0.4, 0.5) is 0 Å². The Morgan fingerprint density at radius 2 is 1.74 bits per heavy atom. The molecule has 1 fully saturated rings. The van der Waals surface area contributed by atoms with E-state index in [4.69, 9.17) is 18.6 Å². The van der Waals surface area contributed by atoms with Gasteiger partial charge in [0.2, 0.25) is 17.6 Å². The zero-order valence-corrected chi connectivity index (χ0v) is 24.4. The van der Waals surface area contributed by atoms with Crippen molar-refractivity contribution in [3.8, 4) is 17.2 Å². The number of nitrogens with zero attached hydrogens (tertiary/aromatic N) is 4. The van der Waals surface area contributed by atoms with E-state index in [-0.39, 0.29) is 24.4 Å². The van der Waals surface area contributed by atoms with E-state index in [0.717, 1.165) is 32.1 Å². The number of aromatic nitrogens is 3. The molecule has 1 aliphatic carbocycles. The Kier molecular flexibility index (Phi) is 8.94. The van der Waals surface area contributed by atoms with Crippen molar-refractivity contribution in [3.63, 3.8) is 0 Å². The molecular weight excluding hydrogens is 538 g/mol. The maximum Gasteiger partial charge on any atom is 0.248 e. The van der Waals surface area contributed by atoms with Gasteiger partial charge in [-0.05, 0) is 61.7 Å². The molecule has 11 nitrogen and oxygen atoms in total. The van der Waals surface area contributed by atoms with Crippen molar-refractivity contribution < 1.29 is 28.2 Å². The van der Waals surface area contributed by atoms with Gasteiger partial charge in [-0.2, -0.15) is 0 Å². The summed E-state index contributed by atoms with van der Waals surface area (Å²) in [5.41, 5.74) is 1.90. The highest BCUT2D eigenvalue weighted by Gasteiger charge is 2.37. The van der Waals surface area contributed by atoms with Crippen LogP contribution in [-0.4, -0.2) is 59.1 Å². The predicted molar refractivity (Wildman–Crippen MR) is 155 cm³/mol. The SMILES string of the molecule is COc1cc([C@H](C(=O)NC2CCCCC2)N(Cc2ccco2)C(=O)[C@H](C)n2nnc3ccccc32)cc(OC)c1OC. The van der Waals surface area contributed by atoms with Crippen LogP contribution in [0, 0.1) is 0 Å². The maximum absolute atomic E-state index is 14.5. The van der Waals surface area contributed by atoms with Gasteiger partial charge in [0.25, 0.3) is 0 Å². The Morgan fingerprint density at radius 3 is 2.38 bits per heavy atom. The summed E-state index contributed by atoms with van der Waals surface area (Å²) < 4.78 is 24.0. The minimum Gasteiger partial charge on any atom is -0.493 e.